The van der Waals surface area contributed by atoms with E-state index in [1.165, 1.54) is 7.11 Å². The van der Waals surface area contributed by atoms with Gasteiger partial charge in [0.05, 0.1) is 23.1 Å². The predicted molar refractivity (Wildman–Crippen MR) is 67.8 cm³/mol. The Morgan fingerprint density at radius 2 is 2.14 bits per heavy atom. The number of benzene rings is 1. The monoisotopic (exact) mass is 304 g/mol. The summed E-state index contributed by atoms with van der Waals surface area (Å²) in [6, 6.07) is 0.212. The van der Waals surface area contributed by atoms with Gasteiger partial charge in [-0.1, -0.05) is 0 Å². The summed E-state index contributed by atoms with van der Waals surface area (Å²) < 4.78 is 31.6. The van der Waals surface area contributed by atoms with E-state index >= 15 is 0 Å². The molecule has 0 saturated heterocycles. The maximum atomic E-state index is 13.6. The van der Waals surface area contributed by atoms with Crippen LogP contribution in [0.3, 0.4) is 0 Å². The summed E-state index contributed by atoms with van der Waals surface area (Å²) in [4.78, 5) is 21.4. The normalized spacial score (nSPS) is 12.0. The first kappa shape index (κ1) is 16.9. The van der Waals surface area contributed by atoms with E-state index in [2.05, 4.69) is 5.32 Å². The molecule has 0 aliphatic carbocycles. The van der Waals surface area contributed by atoms with E-state index in [0.717, 1.165) is 0 Å². The van der Waals surface area contributed by atoms with Crippen LogP contribution in [0, 0.1) is 21.7 Å². The number of ether oxygens (including phenoxy) is 1. The molecule has 0 fully saturated rings. The molecule has 0 heterocycles. The highest BCUT2D eigenvalue weighted by molar-refractivity contribution is 5.95. The van der Waals surface area contributed by atoms with Gasteiger partial charge in [0.25, 0.3) is 5.91 Å². The average molecular weight is 304 g/mol. The highest BCUT2D eigenvalue weighted by Gasteiger charge is 2.23. The Kier molecular flexibility index (Phi) is 6.12. The van der Waals surface area contributed by atoms with Gasteiger partial charge in [-0.25, -0.2) is 4.39 Å². The van der Waals surface area contributed by atoms with Gasteiger partial charge < -0.3 is 15.2 Å². The van der Waals surface area contributed by atoms with Crippen molar-refractivity contribution in [2.45, 2.75) is 12.5 Å². The van der Waals surface area contributed by atoms with E-state index in [9.17, 15) is 23.7 Å². The molecule has 0 aliphatic rings. The lowest BCUT2D eigenvalue weighted by atomic mass is 10.1. The van der Waals surface area contributed by atoms with Crippen molar-refractivity contribution in [1.29, 1.82) is 0 Å². The summed E-state index contributed by atoms with van der Waals surface area (Å²) in [5, 5.41) is 21.8. The van der Waals surface area contributed by atoms with Crippen LogP contribution in [-0.2, 0) is 4.74 Å². The van der Waals surface area contributed by atoms with Gasteiger partial charge in [-0.15, -0.1) is 0 Å². The largest absolute Gasteiger partial charge is 0.396 e. The number of halogens is 2. The maximum absolute atomic E-state index is 13.6. The van der Waals surface area contributed by atoms with Crippen LogP contribution in [0.25, 0.3) is 0 Å². The SMILES string of the molecule is COCC(CCO)NC(=O)c1cc([N+](=O)[O-])c(F)cc1F. The summed E-state index contributed by atoms with van der Waals surface area (Å²) in [5.74, 6) is -3.53. The molecule has 1 unspecified atom stereocenters. The zero-order valence-electron chi connectivity index (χ0n) is 11.1. The molecule has 1 amide bonds. The molecule has 0 radical (unpaired) electrons. The Morgan fingerprint density at radius 1 is 1.48 bits per heavy atom. The first-order valence-corrected chi connectivity index (χ1v) is 5.94. The summed E-state index contributed by atoms with van der Waals surface area (Å²) >= 11 is 0. The van der Waals surface area contributed by atoms with Crippen molar-refractivity contribution in [3.8, 4) is 0 Å². The van der Waals surface area contributed by atoms with E-state index in [0.29, 0.717) is 6.07 Å². The Balaban J connectivity index is 3.00. The lowest BCUT2D eigenvalue weighted by Gasteiger charge is -2.17. The molecular formula is C12H14F2N2O5. The van der Waals surface area contributed by atoms with E-state index in [1.54, 1.807) is 0 Å². The van der Waals surface area contributed by atoms with Crippen molar-refractivity contribution < 1.29 is 28.3 Å². The first-order valence-electron chi connectivity index (χ1n) is 5.94. The first-order chi connectivity index (χ1) is 9.90. The Morgan fingerprint density at radius 3 is 2.67 bits per heavy atom. The molecular weight excluding hydrogens is 290 g/mol. The quantitative estimate of drug-likeness (QED) is 0.578. The smallest absolute Gasteiger partial charge is 0.305 e. The summed E-state index contributed by atoms with van der Waals surface area (Å²) in [5.41, 5.74) is -1.64. The Bertz CT molecular complexity index is 533. The van der Waals surface area contributed by atoms with Crippen molar-refractivity contribution in [2.75, 3.05) is 20.3 Å². The second-order valence-corrected chi connectivity index (χ2v) is 4.18. The van der Waals surface area contributed by atoms with Gasteiger partial charge in [0.1, 0.15) is 5.82 Å². The third kappa shape index (κ3) is 4.43. The number of carbonyl (C=O) groups is 1. The molecule has 0 saturated carbocycles. The number of hydrogen-bond acceptors (Lipinski definition) is 5. The fraction of sp³-hybridized carbons (Fsp3) is 0.417. The van der Waals surface area contributed by atoms with Crippen LogP contribution in [0.5, 0.6) is 0 Å². The standard InChI is InChI=1S/C12H14F2N2O5/c1-21-6-7(2-3-17)15-12(18)8-4-11(16(19)20)10(14)5-9(8)13/h4-5,7,17H,2-3,6H2,1H3,(H,15,18). The molecule has 7 nitrogen and oxygen atoms in total. The summed E-state index contributed by atoms with van der Waals surface area (Å²) in [7, 11) is 1.37. The van der Waals surface area contributed by atoms with E-state index in [1.807, 2.05) is 0 Å². The number of carbonyl (C=O) groups excluding carboxylic acids is 1. The van der Waals surface area contributed by atoms with Crippen LogP contribution in [0.4, 0.5) is 14.5 Å². The third-order valence-corrected chi connectivity index (χ3v) is 2.66. The van der Waals surface area contributed by atoms with Gasteiger partial charge in [0.15, 0.2) is 0 Å². The van der Waals surface area contributed by atoms with Crippen LogP contribution in [-0.4, -0.2) is 42.3 Å². The van der Waals surface area contributed by atoms with Gasteiger partial charge in [0, 0.05) is 25.8 Å². The molecule has 0 bridgehead atoms. The Labute approximate surface area is 118 Å². The van der Waals surface area contributed by atoms with Crippen LogP contribution in [0.1, 0.15) is 16.8 Å². The van der Waals surface area contributed by atoms with Crippen molar-refractivity contribution in [1.82, 2.24) is 5.32 Å². The van der Waals surface area contributed by atoms with Gasteiger partial charge in [0.2, 0.25) is 5.82 Å². The van der Waals surface area contributed by atoms with Crippen molar-refractivity contribution >= 4 is 11.6 Å². The second-order valence-electron chi connectivity index (χ2n) is 4.18. The zero-order valence-corrected chi connectivity index (χ0v) is 11.1. The van der Waals surface area contributed by atoms with E-state index < -0.39 is 39.8 Å². The number of hydrogen-bond donors (Lipinski definition) is 2. The molecule has 2 N–H and O–H groups in total. The van der Waals surface area contributed by atoms with Crippen molar-refractivity contribution in [3.63, 3.8) is 0 Å². The fourth-order valence-electron chi connectivity index (χ4n) is 1.67. The highest BCUT2D eigenvalue weighted by Crippen LogP contribution is 2.21. The fourth-order valence-corrected chi connectivity index (χ4v) is 1.67. The van der Waals surface area contributed by atoms with E-state index in [-0.39, 0.29) is 25.7 Å². The maximum Gasteiger partial charge on any atom is 0.305 e. The molecule has 1 aromatic rings. The van der Waals surface area contributed by atoms with Crippen LogP contribution < -0.4 is 5.32 Å². The number of nitrogens with one attached hydrogen (secondary N) is 1. The summed E-state index contributed by atoms with van der Waals surface area (Å²) in [6.45, 7) is -0.169. The number of rotatable bonds is 7. The molecule has 1 aromatic carbocycles. The van der Waals surface area contributed by atoms with E-state index in [4.69, 9.17) is 9.84 Å². The molecule has 1 atom stereocenters. The van der Waals surface area contributed by atoms with Crippen molar-refractivity contribution in [3.05, 3.63) is 39.4 Å². The minimum absolute atomic E-state index is 0.0667. The van der Waals surface area contributed by atoms with Crippen LogP contribution >= 0.6 is 0 Å². The predicted octanol–water partition coefficient (Wildman–Crippen LogP) is 1.00. The molecule has 0 aliphatic heterocycles. The lowest BCUT2D eigenvalue weighted by Crippen LogP contribution is -2.39. The third-order valence-electron chi connectivity index (χ3n) is 2.66. The Hall–Kier alpha value is -2.13. The van der Waals surface area contributed by atoms with Crippen molar-refractivity contribution in [2.24, 2.45) is 0 Å². The number of methoxy groups -OCH3 is 1. The molecule has 0 spiro atoms. The highest BCUT2D eigenvalue weighted by atomic mass is 19.1. The number of amides is 1. The van der Waals surface area contributed by atoms with Crippen LogP contribution in [0.15, 0.2) is 12.1 Å². The van der Waals surface area contributed by atoms with Gasteiger partial charge in [-0.3, -0.25) is 14.9 Å². The molecule has 1 rings (SSSR count). The number of aliphatic hydroxyl groups is 1. The number of aliphatic hydroxyl groups excluding tert-OH is 1. The average Bonchev–Trinajstić information content (AvgIpc) is 2.38. The van der Waals surface area contributed by atoms with Crippen LogP contribution in [0.2, 0.25) is 0 Å². The van der Waals surface area contributed by atoms with Gasteiger partial charge in [-0.05, 0) is 6.42 Å². The zero-order chi connectivity index (χ0) is 16.0. The second kappa shape index (κ2) is 7.60. The van der Waals surface area contributed by atoms with Gasteiger partial charge in [-0.2, -0.15) is 4.39 Å². The minimum atomic E-state index is -1.36. The molecule has 0 aromatic heterocycles. The minimum Gasteiger partial charge on any atom is -0.396 e. The molecule has 21 heavy (non-hydrogen) atoms. The number of nitrogens with zero attached hydrogens (tertiary/aromatic N) is 1. The molecule has 9 heteroatoms. The number of nitro benzene ring substituents is 1. The van der Waals surface area contributed by atoms with Gasteiger partial charge >= 0.3 is 5.69 Å². The number of nitro groups is 1. The topological polar surface area (TPSA) is 102 Å². The lowest BCUT2D eigenvalue weighted by molar-refractivity contribution is -0.387. The summed E-state index contributed by atoms with van der Waals surface area (Å²) in [6.07, 6.45) is 0.157. The molecule has 116 valence electrons.